The van der Waals surface area contributed by atoms with Gasteiger partial charge in [-0.2, -0.15) is 0 Å². The minimum Gasteiger partial charge on any atom is -0.340 e. The molecule has 4 aromatic rings. The van der Waals surface area contributed by atoms with Gasteiger partial charge >= 0.3 is 6.03 Å². The molecule has 2 aromatic carbocycles. The summed E-state index contributed by atoms with van der Waals surface area (Å²) in [5, 5.41) is 9.62. The van der Waals surface area contributed by atoms with Crippen molar-refractivity contribution in [3.05, 3.63) is 76.1 Å². The Kier molecular flexibility index (Phi) is 5.60. The standard InChI is InChI=1S/C23H22ClN3OS/c1-3-27-20-8-5-4-7-16(20)17(22(27)21-9-6-12-29-21)14-25-23(28)26-19-11-10-15(2)13-18(19)24/h4-13H,3,14H2,1-2H3,(H2,25,26,28). The summed E-state index contributed by atoms with van der Waals surface area (Å²) in [5.74, 6) is 0. The molecule has 0 spiro atoms. The van der Waals surface area contributed by atoms with Crippen molar-refractivity contribution >= 4 is 45.6 Å². The molecule has 0 saturated heterocycles. The topological polar surface area (TPSA) is 46.1 Å². The number of rotatable bonds is 5. The summed E-state index contributed by atoms with van der Waals surface area (Å²) in [7, 11) is 0. The lowest BCUT2D eigenvalue weighted by Crippen LogP contribution is -2.28. The highest BCUT2D eigenvalue weighted by Gasteiger charge is 2.19. The van der Waals surface area contributed by atoms with Crippen molar-refractivity contribution in [2.45, 2.75) is 26.9 Å². The molecular weight excluding hydrogens is 402 g/mol. The molecule has 0 atom stereocenters. The van der Waals surface area contributed by atoms with E-state index in [2.05, 4.69) is 57.8 Å². The minimum atomic E-state index is -0.277. The number of thiophene rings is 1. The molecule has 148 valence electrons. The number of nitrogens with one attached hydrogen (secondary N) is 2. The summed E-state index contributed by atoms with van der Waals surface area (Å²) < 4.78 is 2.31. The first-order valence-electron chi connectivity index (χ1n) is 9.53. The van der Waals surface area contributed by atoms with E-state index in [9.17, 15) is 4.79 Å². The van der Waals surface area contributed by atoms with Crippen molar-refractivity contribution in [2.24, 2.45) is 0 Å². The van der Waals surface area contributed by atoms with E-state index in [1.54, 1.807) is 11.3 Å². The maximum absolute atomic E-state index is 12.5. The van der Waals surface area contributed by atoms with Crippen LogP contribution in [0.4, 0.5) is 10.5 Å². The van der Waals surface area contributed by atoms with Crippen LogP contribution >= 0.6 is 22.9 Å². The molecule has 0 radical (unpaired) electrons. The summed E-state index contributed by atoms with van der Waals surface area (Å²) in [6, 6.07) is 17.8. The predicted molar refractivity (Wildman–Crippen MR) is 123 cm³/mol. The molecule has 0 aliphatic rings. The summed E-state index contributed by atoms with van der Waals surface area (Å²) in [4.78, 5) is 13.7. The second kappa shape index (κ2) is 8.31. The Morgan fingerprint density at radius 1 is 1.14 bits per heavy atom. The van der Waals surface area contributed by atoms with Crippen LogP contribution in [0.1, 0.15) is 18.1 Å². The van der Waals surface area contributed by atoms with Gasteiger partial charge in [0.1, 0.15) is 0 Å². The Morgan fingerprint density at radius 2 is 1.97 bits per heavy atom. The third kappa shape index (κ3) is 3.88. The van der Waals surface area contributed by atoms with Gasteiger partial charge in [-0.3, -0.25) is 0 Å². The molecule has 29 heavy (non-hydrogen) atoms. The first kappa shape index (κ1) is 19.6. The molecule has 6 heteroatoms. The van der Waals surface area contributed by atoms with E-state index >= 15 is 0 Å². The van der Waals surface area contributed by atoms with Crippen LogP contribution in [0.2, 0.25) is 5.02 Å². The second-order valence-corrected chi connectivity index (χ2v) is 8.21. The van der Waals surface area contributed by atoms with Crippen molar-refractivity contribution in [1.82, 2.24) is 9.88 Å². The van der Waals surface area contributed by atoms with Gasteiger partial charge in [-0.15, -0.1) is 11.3 Å². The van der Waals surface area contributed by atoms with E-state index < -0.39 is 0 Å². The Labute approximate surface area is 179 Å². The first-order chi connectivity index (χ1) is 14.1. The monoisotopic (exact) mass is 423 g/mol. The summed E-state index contributed by atoms with van der Waals surface area (Å²) in [6.07, 6.45) is 0. The van der Waals surface area contributed by atoms with Gasteiger partial charge in [-0.25, -0.2) is 4.79 Å². The summed E-state index contributed by atoms with van der Waals surface area (Å²) in [5.41, 5.74) is 5.11. The van der Waals surface area contributed by atoms with Crippen LogP contribution in [-0.2, 0) is 13.1 Å². The van der Waals surface area contributed by atoms with E-state index in [0.29, 0.717) is 17.3 Å². The number of fused-ring (bicyclic) bond motifs is 1. The number of hydrogen-bond donors (Lipinski definition) is 2. The number of amides is 2. The van der Waals surface area contributed by atoms with E-state index in [0.717, 1.165) is 28.8 Å². The zero-order valence-electron chi connectivity index (χ0n) is 16.3. The van der Waals surface area contributed by atoms with Gasteiger partial charge in [0.05, 0.1) is 21.3 Å². The Bertz CT molecular complexity index is 1160. The van der Waals surface area contributed by atoms with Crippen LogP contribution < -0.4 is 10.6 Å². The highest BCUT2D eigenvalue weighted by Crippen LogP contribution is 2.36. The molecule has 0 aliphatic carbocycles. The van der Waals surface area contributed by atoms with Crippen LogP contribution in [0.25, 0.3) is 21.5 Å². The van der Waals surface area contributed by atoms with E-state index in [1.165, 1.54) is 10.4 Å². The van der Waals surface area contributed by atoms with Gasteiger partial charge < -0.3 is 15.2 Å². The molecule has 0 bridgehead atoms. The number of urea groups is 1. The van der Waals surface area contributed by atoms with Gasteiger partial charge in [0, 0.05) is 29.6 Å². The lowest BCUT2D eigenvalue weighted by Gasteiger charge is -2.11. The van der Waals surface area contributed by atoms with E-state index in [4.69, 9.17) is 11.6 Å². The van der Waals surface area contributed by atoms with Gasteiger partial charge in [-0.05, 0) is 49.1 Å². The molecule has 0 fully saturated rings. The molecule has 2 aromatic heterocycles. The average molecular weight is 424 g/mol. The Hall–Kier alpha value is -2.76. The fraction of sp³-hybridized carbons (Fsp3) is 0.174. The van der Waals surface area contributed by atoms with E-state index in [-0.39, 0.29) is 6.03 Å². The molecule has 0 saturated carbocycles. The maximum Gasteiger partial charge on any atom is 0.319 e. The Morgan fingerprint density at radius 3 is 2.69 bits per heavy atom. The normalized spacial score (nSPS) is 11.0. The lowest BCUT2D eigenvalue weighted by atomic mass is 10.1. The molecular formula is C23H22ClN3OS. The van der Waals surface area contributed by atoms with E-state index in [1.807, 2.05) is 31.2 Å². The third-order valence-electron chi connectivity index (χ3n) is 4.95. The number of carbonyl (C=O) groups is 1. The van der Waals surface area contributed by atoms with Crippen LogP contribution in [-0.4, -0.2) is 10.6 Å². The van der Waals surface area contributed by atoms with Gasteiger partial charge in [0.15, 0.2) is 0 Å². The van der Waals surface area contributed by atoms with Crippen LogP contribution in [0.5, 0.6) is 0 Å². The van der Waals surface area contributed by atoms with Gasteiger partial charge in [0.25, 0.3) is 0 Å². The van der Waals surface area contributed by atoms with Crippen molar-refractivity contribution in [3.8, 4) is 10.6 Å². The molecule has 0 unspecified atom stereocenters. The van der Waals surface area contributed by atoms with Crippen LogP contribution in [0.15, 0.2) is 60.0 Å². The molecule has 4 rings (SSSR count). The first-order valence-corrected chi connectivity index (χ1v) is 10.8. The summed E-state index contributed by atoms with van der Waals surface area (Å²) in [6.45, 7) is 5.40. The summed E-state index contributed by atoms with van der Waals surface area (Å²) >= 11 is 7.95. The predicted octanol–water partition coefficient (Wildman–Crippen LogP) is 6.67. The average Bonchev–Trinajstić information content (AvgIpc) is 3.34. The molecule has 0 aliphatic heterocycles. The quantitative estimate of drug-likeness (QED) is 0.369. The number of anilines is 1. The fourth-order valence-corrected chi connectivity index (χ4v) is 4.72. The number of aromatic nitrogens is 1. The zero-order chi connectivity index (χ0) is 20.4. The number of hydrogen-bond acceptors (Lipinski definition) is 2. The SMILES string of the molecule is CCn1c(-c2cccs2)c(CNC(=O)Nc2ccc(C)cc2Cl)c2ccccc21. The smallest absolute Gasteiger partial charge is 0.319 e. The highest BCUT2D eigenvalue weighted by atomic mass is 35.5. The van der Waals surface area contributed by atoms with Crippen molar-refractivity contribution < 1.29 is 4.79 Å². The molecule has 2 amide bonds. The fourth-order valence-electron chi connectivity index (χ4n) is 3.63. The van der Waals surface area contributed by atoms with Crippen molar-refractivity contribution in [2.75, 3.05) is 5.32 Å². The number of carbonyl (C=O) groups excluding carboxylic acids is 1. The van der Waals surface area contributed by atoms with Crippen LogP contribution in [0, 0.1) is 6.92 Å². The molecule has 2 N–H and O–H groups in total. The van der Waals surface area contributed by atoms with Crippen molar-refractivity contribution in [3.63, 3.8) is 0 Å². The largest absolute Gasteiger partial charge is 0.340 e. The second-order valence-electron chi connectivity index (χ2n) is 6.86. The van der Waals surface area contributed by atoms with Crippen LogP contribution in [0.3, 0.4) is 0 Å². The Balaban J connectivity index is 1.64. The number of nitrogens with zero attached hydrogens (tertiary/aromatic N) is 1. The van der Waals surface area contributed by atoms with Gasteiger partial charge in [0.2, 0.25) is 0 Å². The highest BCUT2D eigenvalue weighted by molar-refractivity contribution is 7.13. The molecule has 2 heterocycles. The van der Waals surface area contributed by atoms with Gasteiger partial charge in [-0.1, -0.05) is 41.9 Å². The zero-order valence-corrected chi connectivity index (χ0v) is 17.9. The number of benzene rings is 2. The minimum absolute atomic E-state index is 0.277. The maximum atomic E-state index is 12.5. The molecule has 4 nitrogen and oxygen atoms in total. The van der Waals surface area contributed by atoms with Crippen molar-refractivity contribution in [1.29, 1.82) is 0 Å². The third-order valence-corrected chi connectivity index (χ3v) is 6.13. The number of halogens is 1. The number of aryl methyl sites for hydroxylation is 2. The number of para-hydroxylation sites is 1. The lowest BCUT2D eigenvalue weighted by molar-refractivity contribution is 0.252.